The molecule has 1 aromatic carbocycles. The molecule has 23 heavy (non-hydrogen) atoms. The molecule has 1 fully saturated rings. The molecule has 1 aliphatic rings. The van der Waals surface area contributed by atoms with E-state index in [1.807, 2.05) is 0 Å². The van der Waals surface area contributed by atoms with Gasteiger partial charge in [-0.15, -0.1) is 5.10 Å². The zero-order valence-corrected chi connectivity index (χ0v) is 13.9. The molecular formula is C18H26N4O. The molecule has 124 valence electrons. The lowest BCUT2D eigenvalue weighted by molar-refractivity contribution is 0.170. The van der Waals surface area contributed by atoms with Crippen LogP contribution >= 0.6 is 0 Å². The van der Waals surface area contributed by atoms with Crippen LogP contribution in [-0.2, 0) is 6.42 Å². The van der Waals surface area contributed by atoms with Crippen LogP contribution < -0.4 is 5.32 Å². The van der Waals surface area contributed by atoms with Gasteiger partial charge in [0.25, 0.3) is 0 Å². The van der Waals surface area contributed by atoms with Gasteiger partial charge in [0.2, 0.25) is 5.89 Å². The third-order valence-electron chi connectivity index (χ3n) is 4.39. The van der Waals surface area contributed by atoms with E-state index in [0.29, 0.717) is 17.9 Å². The minimum absolute atomic E-state index is 0.345. The molecule has 0 spiro atoms. The quantitative estimate of drug-likeness (QED) is 0.845. The van der Waals surface area contributed by atoms with Crippen molar-refractivity contribution in [2.45, 2.75) is 45.1 Å². The number of rotatable bonds is 7. The lowest BCUT2D eigenvalue weighted by Crippen LogP contribution is -2.37. The summed E-state index contributed by atoms with van der Waals surface area (Å²) in [6.45, 7) is 5.22. The van der Waals surface area contributed by atoms with Gasteiger partial charge in [0, 0.05) is 13.0 Å². The maximum atomic E-state index is 5.65. The smallest absolute Gasteiger partial charge is 0.315 e. The predicted octanol–water partition coefficient (Wildman–Crippen LogP) is 3.66. The summed E-state index contributed by atoms with van der Waals surface area (Å²) in [6.07, 6.45) is 5.76. The first kappa shape index (κ1) is 16.0. The van der Waals surface area contributed by atoms with Crippen LogP contribution in [0.1, 0.15) is 50.1 Å². The normalized spacial score (nSPS) is 17.1. The van der Waals surface area contributed by atoms with Crippen LogP contribution in [0.3, 0.4) is 0 Å². The standard InChI is InChI=1S/C18H26N4O/c1-2-9-17-20-21-18(23-17)19-14-16(15-10-5-3-6-11-15)22-12-7-4-8-13-22/h3,5-6,10-11,16H,2,4,7-9,12-14H2,1H3,(H,19,21)/t16-/m0/s1. The highest BCUT2D eigenvalue weighted by Crippen LogP contribution is 2.25. The Kier molecular flexibility index (Phi) is 5.64. The number of benzene rings is 1. The van der Waals surface area contributed by atoms with Gasteiger partial charge in [0.1, 0.15) is 0 Å². The van der Waals surface area contributed by atoms with Crippen molar-refractivity contribution in [3.05, 3.63) is 41.8 Å². The summed E-state index contributed by atoms with van der Waals surface area (Å²) in [6, 6.07) is 11.6. The lowest BCUT2D eigenvalue weighted by atomic mass is 10.0. The number of aryl methyl sites for hydroxylation is 1. The second kappa shape index (κ2) is 8.11. The van der Waals surface area contributed by atoms with Gasteiger partial charge in [0.05, 0.1) is 6.04 Å². The molecule has 0 radical (unpaired) electrons. The SMILES string of the molecule is CCCc1nnc(NC[C@@H](c2ccccc2)N2CCCCC2)o1. The Balaban J connectivity index is 1.67. The number of nitrogens with zero attached hydrogens (tertiary/aromatic N) is 3. The van der Waals surface area contributed by atoms with Crippen molar-refractivity contribution >= 4 is 6.01 Å². The Morgan fingerprint density at radius 3 is 2.65 bits per heavy atom. The first-order chi connectivity index (χ1) is 11.4. The maximum absolute atomic E-state index is 5.65. The number of piperidine rings is 1. The van der Waals surface area contributed by atoms with Crippen LogP contribution in [-0.4, -0.2) is 34.7 Å². The Labute approximate surface area is 138 Å². The maximum Gasteiger partial charge on any atom is 0.315 e. The zero-order chi connectivity index (χ0) is 15.9. The van der Waals surface area contributed by atoms with E-state index in [4.69, 9.17) is 4.42 Å². The van der Waals surface area contributed by atoms with E-state index < -0.39 is 0 Å². The predicted molar refractivity (Wildman–Crippen MR) is 91.4 cm³/mol. The molecule has 0 unspecified atom stereocenters. The highest BCUT2D eigenvalue weighted by Gasteiger charge is 2.22. The average Bonchev–Trinajstić information content (AvgIpc) is 3.05. The summed E-state index contributed by atoms with van der Waals surface area (Å²) < 4.78 is 5.65. The van der Waals surface area contributed by atoms with Crippen molar-refractivity contribution in [2.75, 3.05) is 25.0 Å². The monoisotopic (exact) mass is 314 g/mol. The molecule has 5 nitrogen and oxygen atoms in total. The average molecular weight is 314 g/mol. The molecule has 1 atom stereocenters. The summed E-state index contributed by atoms with van der Waals surface area (Å²) in [5, 5.41) is 11.5. The molecule has 1 saturated heterocycles. The lowest BCUT2D eigenvalue weighted by Gasteiger charge is -2.34. The fourth-order valence-corrected chi connectivity index (χ4v) is 3.19. The minimum Gasteiger partial charge on any atom is -0.408 e. The van der Waals surface area contributed by atoms with Crippen molar-refractivity contribution in [1.82, 2.24) is 15.1 Å². The van der Waals surface area contributed by atoms with Gasteiger partial charge in [-0.05, 0) is 37.9 Å². The van der Waals surface area contributed by atoms with Gasteiger partial charge < -0.3 is 9.73 Å². The topological polar surface area (TPSA) is 54.2 Å². The molecule has 0 saturated carbocycles. The third-order valence-corrected chi connectivity index (χ3v) is 4.39. The van der Waals surface area contributed by atoms with Gasteiger partial charge in [-0.2, -0.15) is 0 Å². The number of anilines is 1. The van der Waals surface area contributed by atoms with E-state index in [1.165, 1.54) is 24.8 Å². The van der Waals surface area contributed by atoms with Crippen LogP contribution in [0.4, 0.5) is 6.01 Å². The van der Waals surface area contributed by atoms with Crippen LogP contribution in [0.15, 0.2) is 34.7 Å². The van der Waals surface area contributed by atoms with Crippen molar-refractivity contribution in [3.63, 3.8) is 0 Å². The molecule has 2 aromatic rings. The fraction of sp³-hybridized carbons (Fsp3) is 0.556. The van der Waals surface area contributed by atoms with Crippen molar-refractivity contribution in [2.24, 2.45) is 0 Å². The number of nitrogens with one attached hydrogen (secondary N) is 1. The molecule has 2 heterocycles. The highest BCUT2D eigenvalue weighted by molar-refractivity contribution is 5.24. The van der Waals surface area contributed by atoms with E-state index in [1.54, 1.807) is 0 Å². The molecule has 1 N–H and O–H groups in total. The van der Waals surface area contributed by atoms with Crippen LogP contribution in [0.2, 0.25) is 0 Å². The van der Waals surface area contributed by atoms with Gasteiger partial charge in [0.15, 0.2) is 0 Å². The molecular weight excluding hydrogens is 288 g/mol. The van der Waals surface area contributed by atoms with E-state index in [9.17, 15) is 0 Å². The Hall–Kier alpha value is -1.88. The summed E-state index contributed by atoms with van der Waals surface area (Å²) >= 11 is 0. The molecule has 1 aromatic heterocycles. The Morgan fingerprint density at radius 1 is 1.13 bits per heavy atom. The number of aromatic nitrogens is 2. The summed E-state index contributed by atoms with van der Waals surface area (Å²) in [5.41, 5.74) is 1.34. The summed E-state index contributed by atoms with van der Waals surface area (Å²) in [4.78, 5) is 2.56. The van der Waals surface area contributed by atoms with Crippen molar-refractivity contribution in [3.8, 4) is 0 Å². The van der Waals surface area contributed by atoms with Crippen LogP contribution in [0.5, 0.6) is 0 Å². The summed E-state index contributed by atoms with van der Waals surface area (Å²) in [7, 11) is 0. The van der Waals surface area contributed by atoms with Crippen LogP contribution in [0.25, 0.3) is 0 Å². The Morgan fingerprint density at radius 2 is 1.91 bits per heavy atom. The van der Waals surface area contributed by atoms with E-state index in [2.05, 4.69) is 57.7 Å². The molecule has 3 rings (SSSR count). The largest absolute Gasteiger partial charge is 0.408 e. The molecule has 0 bridgehead atoms. The molecule has 0 amide bonds. The Bertz CT molecular complexity index is 578. The van der Waals surface area contributed by atoms with Crippen LogP contribution in [0, 0.1) is 0 Å². The van der Waals surface area contributed by atoms with Gasteiger partial charge >= 0.3 is 6.01 Å². The zero-order valence-electron chi connectivity index (χ0n) is 13.9. The molecule has 0 aliphatic carbocycles. The molecule has 1 aliphatic heterocycles. The summed E-state index contributed by atoms with van der Waals surface area (Å²) in [5.74, 6) is 0.712. The number of hydrogen-bond acceptors (Lipinski definition) is 5. The van der Waals surface area contributed by atoms with E-state index in [0.717, 1.165) is 32.5 Å². The second-order valence-corrected chi connectivity index (χ2v) is 6.15. The van der Waals surface area contributed by atoms with E-state index >= 15 is 0 Å². The third kappa shape index (κ3) is 4.32. The first-order valence-electron chi connectivity index (χ1n) is 8.72. The molecule has 5 heteroatoms. The number of hydrogen-bond donors (Lipinski definition) is 1. The second-order valence-electron chi connectivity index (χ2n) is 6.15. The van der Waals surface area contributed by atoms with E-state index in [-0.39, 0.29) is 0 Å². The fourth-order valence-electron chi connectivity index (χ4n) is 3.19. The van der Waals surface area contributed by atoms with Crippen molar-refractivity contribution in [1.29, 1.82) is 0 Å². The van der Waals surface area contributed by atoms with Gasteiger partial charge in [-0.25, -0.2) is 0 Å². The number of likely N-dealkylation sites (tertiary alicyclic amines) is 1. The van der Waals surface area contributed by atoms with Gasteiger partial charge in [-0.1, -0.05) is 48.8 Å². The van der Waals surface area contributed by atoms with Gasteiger partial charge in [-0.3, -0.25) is 4.90 Å². The highest BCUT2D eigenvalue weighted by atomic mass is 16.4. The van der Waals surface area contributed by atoms with Crippen molar-refractivity contribution < 1.29 is 4.42 Å². The minimum atomic E-state index is 0.345. The first-order valence-corrected chi connectivity index (χ1v) is 8.72.